The predicted molar refractivity (Wildman–Crippen MR) is 90.5 cm³/mol. The highest BCUT2D eigenvalue weighted by molar-refractivity contribution is 7.92. The first-order chi connectivity index (χ1) is 11.0. The van der Waals surface area contributed by atoms with E-state index in [-0.39, 0.29) is 10.9 Å². The molecule has 0 bridgehead atoms. The summed E-state index contributed by atoms with van der Waals surface area (Å²) >= 11 is 0. The summed E-state index contributed by atoms with van der Waals surface area (Å²) in [5, 5.41) is 0. The van der Waals surface area contributed by atoms with E-state index < -0.39 is 10.0 Å². The molecule has 0 amide bonds. The zero-order valence-corrected chi connectivity index (χ0v) is 13.8. The Bertz CT molecular complexity index is 790. The molecule has 1 saturated heterocycles. The molecule has 6 nitrogen and oxygen atoms in total. The van der Waals surface area contributed by atoms with Crippen LogP contribution in [0.4, 0.5) is 11.5 Å². The number of hydrogen-bond donors (Lipinski definition) is 2. The SMILES string of the molecule is CN1CCCC1c1cccnc1NS(=O)(=O)c1ccc(N)cc1. The number of rotatable bonds is 4. The first-order valence-electron chi connectivity index (χ1n) is 7.51. The minimum absolute atomic E-state index is 0.170. The molecule has 2 aromatic rings. The van der Waals surface area contributed by atoms with Gasteiger partial charge in [-0.2, -0.15) is 0 Å². The Balaban J connectivity index is 1.92. The quantitative estimate of drug-likeness (QED) is 0.838. The molecule has 122 valence electrons. The van der Waals surface area contributed by atoms with Crippen molar-refractivity contribution in [2.75, 3.05) is 24.0 Å². The highest BCUT2D eigenvalue weighted by Gasteiger charge is 2.27. The summed E-state index contributed by atoms with van der Waals surface area (Å²) in [7, 11) is -1.64. The molecule has 3 N–H and O–H groups in total. The number of anilines is 2. The highest BCUT2D eigenvalue weighted by atomic mass is 32.2. The van der Waals surface area contributed by atoms with Crippen molar-refractivity contribution < 1.29 is 8.42 Å². The van der Waals surface area contributed by atoms with E-state index in [1.807, 2.05) is 19.2 Å². The number of nitrogen functional groups attached to an aromatic ring is 1. The van der Waals surface area contributed by atoms with E-state index in [9.17, 15) is 8.42 Å². The third-order valence-corrected chi connectivity index (χ3v) is 5.49. The largest absolute Gasteiger partial charge is 0.399 e. The molecule has 0 spiro atoms. The molecule has 23 heavy (non-hydrogen) atoms. The summed E-state index contributed by atoms with van der Waals surface area (Å²) in [5.74, 6) is 0.392. The summed E-state index contributed by atoms with van der Waals surface area (Å²) in [4.78, 5) is 6.63. The Morgan fingerprint density at radius 3 is 2.65 bits per heavy atom. The van der Waals surface area contributed by atoms with Gasteiger partial charge in [-0.1, -0.05) is 6.07 Å². The van der Waals surface area contributed by atoms with Gasteiger partial charge in [0.15, 0.2) is 0 Å². The van der Waals surface area contributed by atoms with Crippen molar-refractivity contribution in [3.05, 3.63) is 48.2 Å². The monoisotopic (exact) mass is 332 g/mol. The van der Waals surface area contributed by atoms with Crippen molar-refractivity contribution in [2.45, 2.75) is 23.8 Å². The van der Waals surface area contributed by atoms with Crippen LogP contribution in [0.5, 0.6) is 0 Å². The number of nitrogens with two attached hydrogens (primary N) is 1. The van der Waals surface area contributed by atoms with Gasteiger partial charge in [-0.25, -0.2) is 13.4 Å². The molecule has 1 fully saturated rings. The molecule has 1 aromatic carbocycles. The number of benzene rings is 1. The molecule has 1 aliphatic rings. The van der Waals surface area contributed by atoms with Crippen LogP contribution in [0.2, 0.25) is 0 Å². The molecule has 1 aromatic heterocycles. The summed E-state index contributed by atoms with van der Waals surface area (Å²) < 4.78 is 27.7. The van der Waals surface area contributed by atoms with Crippen LogP contribution in [0.25, 0.3) is 0 Å². The van der Waals surface area contributed by atoms with E-state index in [1.54, 1.807) is 18.3 Å². The third kappa shape index (κ3) is 3.30. The van der Waals surface area contributed by atoms with Crippen molar-refractivity contribution in [3.63, 3.8) is 0 Å². The first kappa shape index (κ1) is 15.8. The van der Waals surface area contributed by atoms with Gasteiger partial charge in [0, 0.05) is 23.5 Å². The van der Waals surface area contributed by atoms with Crippen LogP contribution in [0.1, 0.15) is 24.4 Å². The Labute approximate surface area is 136 Å². The van der Waals surface area contributed by atoms with Crippen LogP contribution in [-0.2, 0) is 10.0 Å². The average Bonchev–Trinajstić information content (AvgIpc) is 2.94. The summed E-state index contributed by atoms with van der Waals surface area (Å²) in [6.07, 6.45) is 3.69. The molecule has 7 heteroatoms. The molecule has 0 radical (unpaired) electrons. The number of hydrogen-bond acceptors (Lipinski definition) is 5. The maximum Gasteiger partial charge on any atom is 0.263 e. The topological polar surface area (TPSA) is 88.3 Å². The second kappa shape index (κ2) is 6.17. The molecule has 1 unspecified atom stereocenters. The number of aromatic nitrogens is 1. The van der Waals surface area contributed by atoms with Crippen LogP contribution in [0.3, 0.4) is 0 Å². The molecule has 0 saturated carbocycles. The van der Waals surface area contributed by atoms with Crippen molar-refractivity contribution in [1.29, 1.82) is 0 Å². The lowest BCUT2D eigenvalue weighted by Crippen LogP contribution is -2.21. The van der Waals surface area contributed by atoms with E-state index in [1.165, 1.54) is 12.1 Å². The lowest BCUT2D eigenvalue weighted by molar-refractivity contribution is 0.318. The number of pyridine rings is 1. The molecular formula is C16H20N4O2S. The van der Waals surface area contributed by atoms with Crippen molar-refractivity contribution in [2.24, 2.45) is 0 Å². The second-order valence-electron chi connectivity index (χ2n) is 5.75. The van der Waals surface area contributed by atoms with Crippen molar-refractivity contribution in [3.8, 4) is 0 Å². The van der Waals surface area contributed by atoms with Crippen molar-refractivity contribution >= 4 is 21.5 Å². The minimum Gasteiger partial charge on any atom is -0.399 e. The molecule has 0 aliphatic carbocycles. The standard InChI is InChI=1S/C16H20N4O2S/c1-20-11-3-5-15(20)14-4-2-10-18-16(14)19-23(21,22)13-8-6-12(17)7-9-13/h2,4,6-10,15H,3,5,11,17H2,1H3,(H,18,19). The lowest BCUT2D eigenvalue weighted by atomic mass is 10.1. The Kier molecular flexibility index (Phi) is 4.23. The average molecular weight is 332 g/mol. The highest BCUT2D eigenvalue weighted by Crippen LogP contribution is 2.34. The van der Waals surface area contributed by atoms with E-state index in [0.29, 0.717) is 11.5 Å². The normalized spacial score (nSPS) is 18.9. The smallest absolute Gasteiger partial charge is 0.263 e. The molecule has 2 heterocycles. The maximum absolute atomic E-state index is 12.6. The Hall–Kier alpha value is -2.12. The van der Waals surface area contributed by atoms with E-state index in [2.05, 4.69) is 14.6 Å². The van der Waals surface area contributed by atoms with E-state index >= 15 is 0 Å². The third-order valence-electron chi connectivity index (χ3n) is 4.14. The molecule has 3 rings (SSSR count). The van der Waals surface area contributed by atoms with Crippen LogP contribution in [-0.4, -0.2) is 31.9 Å². The zero-order valence-electron chi connectivity index (χ0n) is 12.9. The van der Waals surface area contributed by atoms with Crippen LogP contribution < -0.4 is 10.5 Å². The fourth-order valence-electron chi connectivity index (χ4n) is 2.91. The van der Waals surface area contributed by atoms with Gasteiger partial charge in [-0.3, -0.25) is 9.62 Å². The summed E-state index contributed by atoms with van der Waals surface area (Å²) in [5.41, 5.74) is 7.04. The number of nitrogens with one attached hydrogen (secondary N) is 1. The predicted octanol–water partition coefficient (Wildman–Crippen LogP) is 2.23. The van der Waals surface area contributed by atoms with Gasteiger partial charge in [0.05, 0.1) is 4.90 Å². The molecule has 1 atom stereocenters. The fourth-order valence-corrected chi connectivity index (χ4v) is 3.95. The maximum atomic E-state index is 12.6. The van der Waals surface area contributed by atoms with Gasteiger partial charge in [0.1, 0.15) is 5.82 Å². The van der Waals surface area contributed by atoms with Gasteiger partial charge in [0.25, 0.3) is 10.0 Å². The van der Waals surface area contributed by atoms with E-state index in [0.717, 1.165) is 24.9 Å². The minimum atomic E-state index is -3.69. The molecular weight excluding hydrogens is 312 g/mol. The second-order valence-corrected chi connectivity index (χ2v) is 7.44. The Morgan fingerprint density at radius 1 is 1.26 bits per heavy atom. The van der Waals surface area contributed by atoms with Gasteiger partial charge in [0.2, 0.25) is 0 Å². The zero-order chi connectivity index (χ0) is 16.4. The van der Waals surface area contributed by atoms with Gasteiger partial charge < -0.3 is 5.73 Å². The fraction of sp³-hybridized carbons (Fsp3) is 0.312. The number of nitrogens with zero attached hydrogens (tertiary/aromatic N) is 2. The summed E-state index contributed by atoms with van der Waals surface area (Å²) in [6.45, 7) is 1.00. The van der Waals surface area contributed by atoms with Crippen molar-refractivity contribution in [1.82, 2.24) is 9.88 Å². The lowest BCUT2D eigenvalue weighted by Gasteiger charge is -2.22. The van der Waals surface area contributed by atoms with E-state index in [4.69, 9.17) is 5.73 Å². The number of sulfonamides is 1. The van der Waals surface area contributed by atoms with Crippen LogP contribution in [0.15, 0.2) is 47.5 Å². The summed E-state index contributed by atoms with van der Waals surface area (Å²) in [6, 6.07) is 10.1. The molecule has 1 aliphatic heterocycles. The first-order valence-corrected chi connectivity index (χ1v) is 8.99. The van der Waals surface area contributed by atoms with Gasteiger partial charge in [-0.15, -0.1) is 0 Å². The Morgan fingerprint density at radius 2 is 2.00 bits per heavy atom. The van der Waals surface area contributed by atoms with Gasteiger partial charge in [-0.05, 0) is 56.8 Å². The number of likely N-dealkylation sites (tertiary alicyclic amines) is 1. The van der Waals surface area contributed by atoms with Crippen LogP contribution in [0, 0.1) is 0 Å². The van der Waals surface area contributed by atoms with Crippen LogP contribution >= 0.6 is 0 Å². The van der Waals surface area contributed by atoms with Gasteiger partial charge >= 0.3 is 0 Å².